The second-order valence-corrected chi connectivity index (χ2v) is 3.07. The van der Waals surface area contributed by atoms with Crippen LogP contribution in [-0.2, 0) is 0 Å². The average Bonchev–Trinajstić information content (AvgIpc) is 1.98. The number of rotatable bonds is 0. The number of halogens is 3. The van der Waals surface area contributed by atoms with Crippen LogP contribution in [0.1, 0.15) is 0 Å². The lowest BCUT2D eigenvalue weighted by Gasteiger charge is -1.86. The minimum Gasteiger partial charge on any atom is -0.279 e. The Morgan fingerprint density at radius 2 is 2.12 bits per heavy atom. The van der Waals surface area contributed by atoms with Crippen molar-refractivity contribution in [2.24, 2.45) is 0 Å². The molecule has 0 aliphatic heterocycles. The van der Waals surface area contributed by atoms with Gasteiger partial charge in [0.25, 0.3) is 0 Å². The maximum atomic E-state index is 5.62. The third kappa shape index (κ3) is 1.11. The molecule has 0 N–H and O–H groups in total. The largest absolute Gasteiger partial charge is 0.279 e. The third-order valence-corrected chi connectivity index (χ3v) is 2.61. The minimum atomic E-state index is 0.576. The fourth-order valence-corrected chi connectivity index (χ4v) is 1.20. The van der Waals surface area contributed by atoms with Gasteiger partial charge in [0.2, 0.25) is 0 Å². The van der Waals surface area contributed by atoms with E-state index in [2.05, 4.69) is 0 Å². The van der Waals surface area contributed by atoms with Crippen molar-refractivity contribution >= 4 is 46.1 Å². The Hall–Kier alpha value is 0.590. The quantitative estimate of drug-likeness (QED) is 0.633. The number of hydrogen-bond acceptors (Lipinski definition) is 0. The topological polar surface area (TPSA) is 4.93 Å². The fraction of sp³-hybridized carbons (Fsp3) is 0. The molecule has 0 saturated carbocycles. The number of nitrogens with zero attached hydrogens (tertiary/aromatic N) is 1. The summed E-state index contributed by atoms with van der Waals surface area (Å²) in [6, 6.07) is 1.75. The second-order valence-electron chi connectivity index (χ2n) is 1.27. The van der Waals surface area contributed by atoms with E-state index in [-0.39, 0.29) is 0 Å². The highest BCUT2D eigenvalue weighted by Gasteiger charge is 1.98. The zero-order valence-corrected chi connectivity index (χ0v) is 7.41. The van der Waals surface area contributed by atoms with Crippen molar-refractivity contribution in [3.8, 4) is 0 Å². The Labute approximate surface area is 71.1 Å². The summed E-state index contributed by atoms with van der Waals surface area (Å²) in [4.78, 5) is 0. The zero-order chi connectivity index (χ0) is 6.15. The molecular formula is C4H2Cl2IN. The Bertz CT molecular complexity index is 176. The maximum absolute atomic E-state index is 5.62. The number of aromatic nitrogens is 1. The molecule has 0 bridgehead atoms. The van der Waals surface area contributed by atoms with Crippen molar-refractivity contribution in [2.75, 3.05) is 0 Å². The predicted octanol–water partition coefficient (Wildman–Crippen LogP) is 2.99. The molecule has 4 heteroatoms. The van der Waals surface area contributed by atoms with Gasteiger partial charge in [0.15, 0.2) is 0 Å². The molecule has 1 aromatic heterocycles. The average molecular weight is 262 g/mol. The van der Waals surface area contributed by atoms with Gasteiger partial charge in [-0.05, 0) is 6.07 Å². The van der Waals surface area contributed by atoms with E-state index < -0.39 is 0 Å². The monoisotopic (exact) mass is 261 g/mol. The van der Waals surface area contributed by atoms with Crippen molar-refractivity contribution in [3.63, 3.8) is 0 Å². The van der Waals surface area contributed by atoms with Crippen molar-refractivity contribution in [1.29, 1.82) is 0 Å². The minimum absolute atomic E-state index is 0.576. The molecule has 0 saturated heterocycles. The van der Waals surface area contributed by atoms with Crippen LogP contribution in [0.15, 0.2) is 12.3 Å². The van der Waals surface area contributed by atoms with E-state index in [4.69, 9.17) is 23.2 Å². The molecule has 8 heavy (non-hydrogen) atoms. The summed E-state index contributed by atoms with van der Waals surface area (Å²) in [6.07, 6.45) is 1.80. The van der Waals surface area contributed by atoms with E-state index in [1.54, 1.807) is 15.0 Å². The van der Waals surface area contributed by atoms with E-state index in [0.717, 1.165) is 0 Å². The summed E-state index contributed by atoms with van der Waals surface area (Å²) in [6.45, 7) is 0. The Morgan fingerprint density at radius 3 is 2.25 bits per heavy atom. The van der Waals surface area contributed by atoms with Crippen LogP contribution in [-0.4, -0.2) is 2.78 Å². The first-order chi connectivity index (χ1) is 3.72. The van der Waals surface area contributed by atoms with Crippen LogP contribution in [0.4, 0.5) is 0 Å². The summed E-state index contributed by atoms with van der Waals surface area (Å²) in [7, 11) is 0. The summed E-state index contributed by atoms with van der Waals surface area (Å²) in [5.74, 6) is 0. The van der Waals surface area contributed by atoms with Gasteiger partial charge in [-0.25, -0.2) is 0 Å². The number of hydrogen-bond donors (Lipinski definition) is 0. The van der Waals surface area contributed by atoms with Gasteiger partial charge in [0, 0.05) is 6.20 Å². The molecule has 44 valence electrons. The van der Waals surface area contributed by atoms with Crippen LogP contribution >= 0.6 is 46.1 Å². The van der Waals surface area contributed by atoms with Crippen molar-refractivity contribution in [1.82, 2.24) is 2.78 Å². The molecule has 0 atom stereocenters. The summed E-state index contributed by atoms with van der Waals surface area (Å²) in [5, 5.41) is 1.17. The van der Waals surface area contributed by atoms with Crippen LogP contribution in [0, 0.1) is 0 Å². The molecule has 0 radical (unpaired) electrons. The fourth-order valence-electron chi connectivity index (χ4n) is 0.367. The molecule has 0 aliphatic rings. The SMILES string of the molecule is Clc1ccn(I)c1Cl. The van der Waals surface area contributed by atoms with Gasteiger partial charge in [-0.2, -0.15) is 0 Å². The molecule has 0 unspecified atom stereocenters. The molecule has 0 aliphatic carbocycles. The predicted molar refractivity (Wildman–Crippen MR) is 43.9 cm³/mol. The van der Waals surface area contributed by atoms with E-state index in [9.17, 15) is 0 Å². The van der Waals surface area contributed by atoms with E-state index in [0.29, 0.717) is 10.2 Å². The Kier molecular flexibility index (Phi) is 2.06. The van der Waals surface area contributed by atoms with Crippen LogP contribution in [0.25, 0.3) is 0 Å². The molecule has 1 aromatic rings. The normalized spacial score (nSPS) is 9.88. The molecule has 1 rings (SSSR count). The van der Waals surface area contributed by atoms with E-state index in [1.807, 2.05) is 22.9 Å². The standard InChI is InChI=1S/C4H2Cl2IN/c5-3-1-2-8(7)4(3)6/h1-2H. The molecule has 0 amide bonds. The van der Waals surface area contributed by atoms with Gasteiger partial charge in [-0.1, -0.05) is 23.2 Å². The summed E-state index contributed by atoms with van der Waals surface area (Å²) < 4.78 is 1.72. The molecule has 1 heterocycles. The van der Waals surface area contributed by atoms with Gasteiger partial charge >= 0.3 is 0 Å². The van der Waals surface area contributed by atoms with Gasteiger partial charge in [-0.3, -0.25) is 2.78 Å². The Balaban J connectivity index is 3.19. The van der Waals surface area contributed by atoms with Crippen LogP contribution in [0.2, 0.25) is 10.2 Å². The lowest BCUT2D eigenvalue weighted by molar-refractivity contribution is 1.36. The van der Waals surface area contributed by atoms with Crippen LogP contribution in [0.3, 0.4) is 0 Å². The first-order valence-corrected chi connectivity index (χ1v) is 3.62. The molecule has 1 nitrogen and oxygen atoms in total. The van der Waals surface area contributed by atoms with Crippen LogP contribution < -0.4 is 0 Å². The summed E-state index contributed by atoms with van der Waals surface area (Å²) >= 11 is 13.2. The van der Waals surface area contributed by atoms with E-state index in [1.165, 1.54) is 0 Å². The van der Waals surface area contributed by atoms with Crippen molar-refractivity contribution in [2.45, 2.75) is 0 Å². The highest BCUT2D eigenvalue weighted by molar-refractivity contribution is 14.1. The van der Waals surface area contributed by atoms with E-state index >= 15 is 0 Å². The van der Waals surface area contributed by atoms with Crippen molar-refractivity contribution in [3.05, 3.63) is 22.4 Å². The highest BCUT2D eigenvalue weighted by atomic mass is 127. The lowest BCUT2D eigenvalue weighted by Crippen LogP contribution is -1.69. The van der Waals surface area contributed by atoms with Crippen LogP contribution in [0.5, 0.6) is 0 Å². The smallest absolute Gasteiger partial charge is 0.136 e. The lowest BCUT2D eigenvalue weighted by atomic mass is 10.7. The summed E-state index contributed by atoms with van der Waals surface area (Å²) in [5.41, 5.74) is 0. The molecule has 0 aromatic carbocycles. The van der Waals surface area contributed by atoms with Gasteiger partial charge in [0.1, 0.15) is 5.15 Å². The van der Waals surface area contributed by atoms with Gasteiger partial charge in [-0.15, -0.1) is 0 Å². The first-order valence-electron chi connectivity index (χ1n) is 1.90. The maximum Gasteiger partial charge on any atom is 0.136 e. The second kappa shape index (κ2) is 2.45. The molecule has 0 spiro atoms. The zero-order valence-electron chi connectivity index (χ0n) is 3.74. The molecule has 0 fully saturated rings. The van der Waals surface area contributed by atoms with Gasteiger partial charge in [0.05, 0.1) is 27.9 Å². The van der Waals surface area contributed by atoms with Crippen molar-refractivity contribution < 1.29 is 0 Å². The highest BCUT2D eigenvalue weighted by Crippen LogP contribution is 2.23. The Morgan fingerprint density at radius 1 is 1.50 bits per heavy atom. The first kappa shape index (κ1) is 6.71. The van der Waals surface area contributed by atoms with Gasteiger partial charge < -0.3 is 0 Å². The third-order valence-electron chi connectivity index (χ3n) is 0.736. The molecular weight excluding hydrogens is 260 g/mol.